The Morgan fingerprint density at radius 2 is 1.21 bits per heavy atom. The second-order valence-electron chi connectivity index (χ2n) is 7.37. The van der Waals surface area contributed by atoms with Crippen molar-refractivity contribution in [3.8, 4) is 5.88 Å². The van der Waals surface area contributed by atoms with Gasteiger partial charge in [0.15, 0.2) is 5.15 Å². The molecule has 0 aliphatic heterocycles. The van der Waals surface area contributed by atoms with Crippen LogP contribution in [0.25, 0.3) is 0 Å². The quantitative estimate of drug-likeness (QED) is 0.190. The van der Waals surface area contributed by atoms with Crippen LogP contribution in [0.4, 0.5) is 0 Å². The molecule has 1 aromatic heterocycles. The number of ether oxygens (including phenoxy) is 1. The summed E-state index contributed by atoms with van der Waals surface area (Å²) in [4.78, 5) is 11.8. The number of unbranched alkanes of at least 4 members (excludes halogenated alkanes) is 14. The number of esters is 1. The van der Waals surface area contributed by atoms with E-state index in [0.29, 0.717) is 6.42 Å². The summed E-state index contributed by atoms with van der Waals surface area (Å²) in [6.07, 6.45) is 19.7. The van der Waals surface area contributed by atoms with Crippen LogP contribution in [0.5, 0.6) is 5.88 Å². The Morgan fingerprint density at radius 1 is 0.750 bits per heavy atom. The molecule has 0 aliphatic carbocycles. The molecule has 0 aliphatic rings. The largest absolute Gasteiger partial charge is 0.404 e. The van der Waals surface area contributed by atoms with Crippen molar-refractivity contribution in [2.45, 2.75) is 110 Å². The first-order chi connectivity index (χ1) is 13.6. The Labute approximate surface area is 179 Å². The van der Waals surface area contributed by atoms with Crippen LogP contribution in [0.2, 0.25) is 10.2 Å². The summed E-state index contributed by atoms with van der Waals surface area (Å²) in [5, 5.41) is 10.4. The monoisotopic (exact) mass is 431 g/mol. The Hall–Kier alpha value is -0.940. The molecule has 0 bridgehead atoms. The maximum Gasteiger partial charge on any atom is 0.312 e. The lowest BCUT2D eigenvalue weighted by Gasteiger charge is -2.05. The molecule has 160 valence electrons. The Morgan fingerprint density at radius 3 is 1.71 bits per heavy atom. The molecule has 28 heavy (non-hydrogen) atoms. The third-order valence-electron chi connectivity index (χ3n) is 4.83. The van der Waals surface area contributed by atoms with Crippen LogP contribution >= 0.6 is 23.2 Å². The molecule has 0 N–H and O–H groups in total. The van der Waals surface area contributed by atoms with E-state index >= 15 is 0 Å². The van der Waals surface area contributed by atoms with Crippen LogP contribution in [0.3, 0.4) is 0 Å². The van der Waals surface area contributed by atoms with Crippen molar-refractivity contribution in [1.29, 1.82) is 0 Å². The van der Waals surface area contributed by atoms with Crippen molar-refractivity contribution in [3.63, 3.8) is 0 Å². The standard InChI is InChI=1S/C21H35Cl2N3O2/c1-2-3-4-5-6-7-8-9-10-11-12-13-14-15-16-17-18(27)28-21-19(22)20(23)24-26-25-21/h2-17H2,1H3. The maximum atomic E-state index is 11.8. The highest BCUT2D eigenvalue weighted by atomic mass is 35.5. The van der Waals surface area contributed by atoms with E-state index in [-0.39, 0.29) is 22.0 Å². The summed E-state index contributed by atoms with van der Waals surface area (Å²) in [7, 11) is 0. The predicted octanol–water partition coefficient (Wildman–Crippen LogP) is 7.35. The number of carbonyl (C=O) groups is 1. The van der Waals surface area contributed by atoms with Gasteiger partial charge in [0.25, 0.3) is 5.88 Å². The van der Waals surface area contributed by atoms with Gasteiger partial charge in [0.05, 0.1) is 0 Å². The zero-order valence-electron chi connectivity index (χ0n) is 17.2. The first-order valence-electron chi connectivity index (χ1n) is 10.9. The van der Waals surface area contributed by atoms with Crippen molar-refractivity contribution in [3.05, 3.63) is 10.2 Å². The van der Waals surface area contributed by atoms with Crippen molar-refractivity contribution in [2.24, 2.45) is 0 Å². The molecule has 1 rings (SSSR count). The van der Waals surface area contributed by atoms with E-state index < -0.39 is 0 Å². The van der Waals surface area contributed by atoms with Gasteiger partial charge in [-0.25, -0.2) is 0 Å². The van der Waals surface area contributed by atoms with Crippen molar-refractivity contribution in [2.75, 3.05) is 0 Å². The van der Waals surface area contributed by atoms with Gasteiger partial charge in [-0.15, -0.1) is 5.10 Å². The number of halogens is 2. The van der Waals surface area contributed by atoms with E-state index in [9.17, 15) is 4.79 Å². The Bertz CT molecular complexity index is 544. The molecule has 0 saturated heterocycles. The summed E-state index contributed by atoms with van der Waals surface area (Å²) in [5.41, 5.74) is 0. The molecule has 0 atom stereocenters. The SMILES string of the molecule is CCCCCCCCCCCCCCCCCC(=O)Oc1nnnc(Cl)c1Cl. The summed E-state index contributed by atoms with van der Waals surface area (Å²) in [6, 6.07) is 0. The van der Waals surface area contributed by atoms with E-state index in [1.165, 1.54) is 77.0 Å². The number of aromatic nitrogens is 3. The minimum atomic E-state index is -0.367. The van der Waals surface area contributed by atoms with Crippen molar-refractivity contribution in [1.82, 2.24) is 15.4 Å². The number of carbonyl (C=O) groups excluding carboxylic acids is 1. The molecule has 0 fully saturated rings. The zero-order valence-corrected chi connectivity index (χ0v) is 18.7. The lowest BCUT2D eigenvalue weighted by molar-refractivity contribution is -0.134. The molecule has 0 radical (unpaired) electrons. The number of rotatable bonds is 17. The highest BCUT2D eigenvalue weighted by Gasteiger charge is 2.13. The molecule has 0 spiro atoms. The smallest absolute Gasteiger partial charge is 0.312 e. The minimum absolute atomic E-state index is 0.0153. The van der Waals surface area contributed by atoms with Gasteiger partial charge in [-0.2, -0.15) is 0 Å². The number of hydrogen-bond donors (Lipinski definition) is 0. The number of nitrogens with zero attached hydrogens (tertiary/aromatic N) is 3. The normalized spacial score (nSPS) is 11.0. The van der Waals surface area contributed by atoms with Gasteiger partial charge in [-0.1, -0.05) is 125 Å². The predicted molar refractivity (Wildman–Crippen MR) is 115 cm³/mol. The molecule has 0 unspecified atom stereocenters. The molecule has 0 saturated carbocycles. The van der Waals surface area contributed by atoms with Crippen LogP contribution in [0.15, 0.2) is 0 Å². The average Bonchev–Trinajstić information content (AvgIpc) is 2.68. The van der Waals surface area contributed by atoms with E-state index in [2.05, 4.69) is 22.3 Å². The molecule has 0 aromatic carbocycles. The topological polar surface area (TPSA) is 65.0 Å². The molecule has 1 aromatic rings. The van der Waals surface area contributed by atoms with Crippen LogP contribution in [-0.2, 0) is 4.79 Å². The van der Waals surface area contributed by atoms with Gasteiger partial charge in [-0.3, -0.25) is 4.79 Å². The fourth-order valence-electron chi connectivity index (χ4n) is 3.14. The van der Waals surface area contributed by atoms with Crippen LogP contribution in [0, 0.1) is 0 Å². The number of hydrogen-bond acceptors (Lipinski definition) is 5. The lowest BCUT2D eigenvalue weighted by Crippen LogP contribution is -2.10. The van der Waals surface area contributed by atoms with Gasteiger partial charge in [-0.05, 0) is 11.6 Å². The van der Waals surface area contributed by atoms with E-state index in [0.717, 1.165) is 19.3 Å². The van der Waals surface area contributed by atoms with Gasteiger partial charge in [0.1, 0.15) is 5.02 Å². The average molecular weight is 432 g/mol. The Balaban J connectivity index is 1.87. The molecular formula is C21H35Cl2N3O2. The second kappa shape index (κ2) is 17.0. The molecule has 7 heteroatoms. The van der Waals surface area contributed by atoms with Gasteiger partial charge in [0.2, 0.25) is 0 Å². The molecule has 5 nitrogen and oxygen atoms in total. The summed E-state index contributed by atoms with van der Waals surface area (Å²) in [5.74, 6) is -0.444. The molecular weight excluding hydrogens is 397 g/mol. The van der Waals surface area contributed by atoms with Gasteiger partial charge in [0, 0.05) is 6.42 Å². The minimum Gasteiger partial charge on any atom is -0.404 e. The molecule has 1 heterocycles. The first kappa shape index (κ1) is 25.1. The van der Waals surface area contributed by atoms with Crippen LogP contribution in [0.1, 0.15) is 110 Å². The second-order valence-corrected chi connectivity index (χ2v) is 8.11. The lowest BCUT2D eigenvalue weighted by atomic mass is 10.0. The van der Waals surface area contributed by atoms with Crippen molar-refractivity contribution < 1.29 is 9.53 Å². The first-order valence-corrected chi connectivity index (χ1v) is 11.7. The van der Waals surface area contributed by atoms with Gasteiger partial charge >= 0.3 is 5.97 Å². The highest BCUT2D eigenvalue weighted by Crippen LogP contribution is 2.26. The fourth-order valence-corrected chi connectivity index (χ4v) is 3.37. The molecule has 0 amide bonds. The fraction of sp³-hybridized carbons (Fsp3) is 0.810. The van der Waals surface area contributed by atoms with Crippen LogP contribution in [-0.4, -0.2) is 21.4 Å². The van der Waals surface area contributed by atoms with Gasteiger partial charge < -0.3 is 4.74 Å². The third kappa shape index (κ3) is 12.5. The van der Waals surface area contributed by atoms with Crippen molar-refractivity contribution >= 4 is 29.2 Å². The van der Waals surface area contributed by atoms with Crippen LogP contribution < -0.4 is 4.74 Å². The summed E-state index contributed by atoms with van der Waals surface area (Å²) >= 11 is 11.6. The highest BCUT2D eigenvalue weighted by molar-refractivity contribution is 6.41. The zero-order chi connectivity index (χ0) is 20.5. The Kier molecular flexibility index (Phi) is 15.2. The summed E-state index contributed by atoms with van der Waals surface area (Å²) in [6.45, 7) is 2.26. The third-order valence-corrected chi connectivity index (χ3v) is 5.53. The maximum absolute atomic E-state index is 11.8. The van der Waals surface area contributed by atoms with E-state index in [4.69, 9.17) is 27.9 Å². The van der Waals surface area contributed by atoms with E-state index in [1.54, 1.807) is 0 Å². The summed E-state index contributed by atoms with van der Waals surface area (Å²) < 4.78 is 5.08. The van der Waals surface area contributed by atoms with E-state index in [1.807, 2.05) is 0 Å².